The molecule has 10 heteroatoms. The van der Waals surface area contributed by atoms with Crippen LogP contribution in [0.5, 0.6) is 5.75 Å². The summed E-state index contributed by atoms with van der Waals surface area (Å²) in [6, 6.07) is 3.40. The molecule has 0 spiro atoms. The fraction of sp³-hybridized carbons (Fsp3) is 0.524. The Bertz CT molecular complexity index is 827. The van der Waals surface area contributed by atoms with E-state index in [9.17, 15) is 19.2 Å². The molecule has 170 valence electrons. The zero-order valence-corrected chi connectivity index (χ0v) is 18.5. The molecular formula is C21H28N2O8. The van der Waals surface area contributed by atoms with E-state index in [0.717, 1.165) is 0 Å². The Labute approximate surface area is 180 Å². The van der Waals surface area contributed by atoms with Crippen molar-refractivity contribution in [3.63, 3.8) is 0 Å². The van der Waals surface area contributed by atoms with E-state index in [1.807, 2.05) is 0 Å². The van der Waals surface area contributed by atoms with Crippen LogP contribution in [0, 0.1) is 0 Å². The number of likely N-dealkylation sites (tertiary alicyclic amines) is 1. The second kappa shape index (κ2) is 9.67. The molecule has 0 bridgehead atoms. The first-order valence-electron chi connectivity index (χ1n) is 9.68. The Morgan fingerprint density at radius 3 is 2.23 bits per heavy atom. The van der Waals surface area contributed by atoms with Gasteiger partial charge in [-0.2, -0.15) is 0 Å². The lowest BCUT2D eigenvalue weighted by molar-refractivity contribution is -0.145. The summed E-state index contributed by atoms with van der Waals surface area (Å²) in [5, 5.41) is 2.48. The molecule has 1 N–H and O–H groups in total. The van der Waals surface area contributed by atoms with Crippen LogP contribution in [0.4, 0.5) is 4.79 Å². The summed E-state index contributed by atoms with van der Waals surface area (Å²) in [7, 11) is 3.93. The van der Waals surface area contributed by atoms with Crippen molar-refractivity contribution in [2.45, 2.75) is 44.9 Å². The number of ether oxygens (including phenoxy) is 4. The van der Waals surface area contributed by atoms with Gasteiger partial charge in [-0.05, 0) is 39.0 Å². The van der Waals surface area contributed by atoms with Gasteiger partial charge < -0.3 is 24.3 Å². The SMILES string of the molecule is CNC(=O)c1cc(OC2CC(C(=O)OC)N(C(=O)OC(C)(C)C)C2)cc(C(=O)OC)c1. The van der Waals surface area contributed by atoms with Gasteiger partial charge in [0.2, 0.25) is 0 Å². The highest BCUT2D eigenvalue weighted by Crippen LogP contribution is 2.27. The summed E-state index contributed by atoms with van der Waals surface area (Å²) in [4.78, 5) is 50.1. The molecule has 10 nitrogen and oxygen atoms in total. The van der Waals surface area contributed by atoms with E-state index in [1.165, 1.54) is 44.4 Å². The zero-order chi connectivity index (χ0) is 23.3. The molecule has 1 aromatic carbocycles. The molecule has 2 unspecified atom stereocenters. The maximum Gasteiger partial charge on any atom is 0.411 e. The third-order valence-electron chi connectivity index (χ3n) is 4.48. The molecule has 0 aromatic heterocycles. The van der Waals surface area contributed by atoms with Crippen LogP contribution in [0.15, 0.2) is 18.2 Å². The molecule has 2 amide bonds. The molecule has 31 heavy (non-hydrogen) atoms. The van der Waals surface area contributed by atoms with E-state index in [-0.39, 0.29) is 29.8 Å². The molecule has 1 aromatic rings. The smallest absolute Gasteiger partial charge is 0.411 e. The first-order chi connectivity index (χ1) is 14.5. The third kappa shape index (κ3) is 6.09. The number of hydrogen-bond donors (Lipinski definition) is 1. The van der Waals surface area contributed by atoms with Crippen LogP contribution in [0.3, 0.4) is 0 Å². The van der Waals surface area contributed by atoms with E-state index in [1.54, 1.807) is 20.8 Å². The van der Waals surface area contributed by atoms with Gasteiger partial charge in [0.05, 0.1) is 26.3 Å². The fourth-order valence-corrected chi connectivity index (χ4v) is 3.14. The molecule has 2 atom stereocenters. The number of hydrogen-bond acceptors (Lipinski definition) is 8. The number of nitrogens with zero attached hydrogens (tertiary/aromatic N) is 1. The Hall–Kier alpha value is -3.30. The van der Waals surface area contributed by atoms with E-state index in [0.29, 0.717) is 0 Å². The Morgan fingerprint density at radius 2 is 1.68 bits per heavy atom. The number of benzene rings is 1. The first-order valence-corrected chi connectivity index (χ1v) is 9.68. The van der Waals surface area contributed by atoms with Crippen LogP contribution >= 0.6 is 0 Å². The number of carbonyl (C=O) groups excluding carboxylic acids is 4. The Kier molecular flexibility index (Phi) is 7.48. The minimum atomic E-state index is -0.882. The second-order valence-corrected chi connectivity index (χ2v) is 7.96. The lowest BCUT2D eigenvalue weighted by atomic mass is 10.1. The van der Waals surface area contributed by atoms with Gasteiger partial charge in [-0.15, -0.1) is 0 Å². The molecule has 1 aliphatic rings. The van der Waals surface area contributed by atoms with Crippen molar-refractivity contribution in [1.29, 1.82) is 0 Å². The Morgan fingerprint density at radius 1 is 1.03 bits per heavy atom. The first kappa shape index (κ1) is 24.0. The van der Waals surface area contributed by atoms with Gasteiger partial charge in [-0.25, -0.2) is 14.4 Å². The lowest BCUT2D eigenvalue weighted by Gasteiger charge is -2.27. The van der Waals surface area contributed by atoms with Crippen molar-refractivity contribution in [2.24, 2.45) is 0 Å². The van der Waals surface area contributed by atoms with Crippen molar-refractivity contribution in [1.82, 2.24) is 10.2 Å². The zero-order valence-electron chi connectivity index (χ0n) is 18.5. The number of carbonyl (C=O) groups is 4. The largest absolute Gasteiger partial charge is 0.488 e. The van der Waals surface area contributed by atoms with Crippen LogP contribution < -0.4 is 10.1 Å². The van der Waals surface area contributed by atoms with E-state index in [4.69, 9.17) is 18.9 Å². The van der Waals surface area contributed by atoms with Gasteiger partial charge in [-0.3, -0.25) is 9.69 Å². The minimum Gasteiger partial charge on any atom is -0.488 e. The van der Waals surface area contributed by atoms with Crippen molar-refractivity contribution in [3.8, 4) is 5.75 Å². The molecular weight excluding hydrogens is 408 g/mol. The summed E-state index contributed by atoms with van der Waals surface area (Å²) in [6.45, 7) is 5.23. The summed E-state index contributed by atoms with van der Waals surface area (Å²) in [5.41, 5.74) is -0.412. The molecule has 0 radical (unpaired) electrons. The maximum absolute atomic E-state index is 12.6. The predicted molar refractivity (Wildman–Crippen MR) is 109 cm³/mol. The van der Waals surface area contributed by atoms with Crippen molar-refractivity contribution in [2.75, 3.05) is 27.8 Å². The van der Waals surface area contributed by atoms with Crippen LogP contribution in [0.2, 0.25) is 0 Å². The van der Waals surface area contributed by atoms with Gasteiger partial charge in [-0.1, -0.05) is 0 Å². The number of methoxy groups -OCH3 is 2. The molecule has 1 saturated heterocycles. The predicted octanol–water partition coefficient (Wildman–Crippen LogP) is 1.76. The van der Waals surface area contributed by atoms with Gasteiger partial charge >= 0.3 is 18.0 Å². The molecule has 0 saturated carbocycles. The van der Waals surface area contributed by atoms with Gasteiger partial charge in [0.15, 0.2) is 0 Å². The molecule has 1 aliphatic heterocycles. The highest BCUT2D eigenvalue weighted by molar-refractivity contribution is 5.98. The quantitative estimate of drug-likeness (QED) is 0.548. The van der Waals surface area contributed by atoms with Crippen LogP contribution in [-0.4, -0.2) is 74.4 Å². The summed E-state index contributed by atoms with van der Waals surface area (Å²) >= 11 is 0. The molecule has 1 heterocycles. The van der Waals surface area contributed by atoms with Crippen LogP contribution in [0.1, 0.15) is 47.9 Å². The standard InChI is InChI=1S/C21H28N2O8/c1-21(2,3)31-20(27)23-11-15(10-16(23)19(26)29-6)30-14-8-12(17(24)22-4)7-13(9-14)18(25)28-5/h7-9,15-16H,10-11H2,1-6H3,(H,22,24). The molecule has 1 fully saturated rings. The number of rotatable bonds is 5. The monoisotopic (exact) mass is 436 g/mol. The topological polar surface area (TPSA) is 120 Å². The van der Waals surface area contributed by atoms with E-state index < -0.39 is 41.7 Å². The highest BCUT2D eigenvalue weighted by Gasteiger charge is 2.43. The van der Waals surface area contributed by atoms with Gasteiger partial charge in [0, 0.05) is 19.0 Å². The summed E-state index contributed by atoms with van der Waals surface area (Å²) < 4.78 is 20.9. The van der Waals surface area contributed by atoms with Crippen LogP contribution in [-0.2, 0) is 19.0 Å². The average Bonchev–Trinajstić information content (AvgIpc) is 3.14. The van der Waals surface area contributed by atoms with E-state index in [2.05, 4.69) is 5.32 Å². The maximum atomic E-state index is 12.6. The molecule has 0 aliphatic carbocycles. The van der Waals surface area contributed by atoms with Crippen molar-refractivity contribution >= 4 is 23.9 Å². The number of esters is 2. The third-order valence-corrected chi connectivity index (χ3v) is 4.48. The highest BCUT2D eigenvalue weighted by atomic mass is 16.6. The van der Waals surface area contributed by atoms with E-state index >= 15 is 0 Å². The van der Waals surface area contributed by atoms with Crippen LogP contribution in [0.25, 0.3) is 0 Å². The summed E-state index contributed by atoms with van der Waals surface area (Å²) in [5.74, 6) is -1.41. The fourth-order valence-electron chi connectivity index (χ4n) is 3.14. The number of nitrogens with one attached hydrogen (secondary N) is 1. The van der Waals surface area contributed by atoms with Crippen molar-refractivity contribution < 1.29 is 38.1 Å². The van der Waals surface area contributed by atoms with Gasteiger partial charge in [0.25, 0.3) is 5.91 Å². The second-order valence-electron chi connectivity index (χ2n) is 7.96. The molecule has 2 rings (SSSR count). The Balaban J connectivity index is 2.29. The number of amides is 2. The van der Waals surface area contributed by atoms with Gasteiger partial charge in [0.1, 0.15) is 23.5 Å². The van der Waals surface area contributed by atoms with Crippen molar-refractivity contribution in [3.05, 3.63) is 29.3 Å². The normalized spacial score (nSPS) is 18.2. The average molecular weight is 436 g/mol. The minimum absolute atomic E-state index is 0.0619. The lowest BCUT2D eigenvalue weighted by Crippen LogP contribution is -2.44. The summed E-state index contributed by atoms with van der Waals surface area (Å²) in [6.07, 6.45) is -1.10.